The lowest BCUT2D eigenvalue weighted by atomic mass is 10.0. The molecule has 3 amide bonds. The van der Waals surface area contributed by atoms with Crippen LogP contribution in [-0.2, 0) is 14.3 Å². The third kappa shape index (κ3) is 4.82. The Morgan fingerprint density at radius 2 is 1.90 bits per heavy atom. The molecule has 1 aromatic rings. The van der Waals surface area contributed by atoms with Gasteiger partial charge in [0.2, 0.25) is 11.8 Å². The molecule has 1 atom stereocenters. The molecule has 0 spiro atoms. The second-order valence-corrected chi connectivity index (χ2v) is 8.22. The molecule has 30 heavy (non-hydrogen) atoms. The molecule has 8 nitrogen and oxygen atoms in total. The summed E-state index contributed by atoms with van der Waals surface area (Å²) < 4.78 is 5.30. The van der Waals surface area contributed by atoms with Gasteiger partial charge in [0.25, 0.3) is 5.91 Å². The Morgan fingerprint density at radius 1 is 1.13 bits per heavy atom. The average molecular weight is 415 g/mol. The Kier molecular flexibility index (Phi) is 6.64. The highest BCUT2D eigenvalue weighted by Crippen LogP contribution is 2.27. The minimum atomic E-state index is -0.431. The third-order valence-electron chi connectivity index (χ3n) is 6.24. The maximum Gasteiger partial charge on any atom is 0.254 e. The van der Waals surface area contributed by atoms with Crippen molar-refractivity contribution >= 4 is 23.4 Å². The first kappa shape index (κ1) is 20.8. The molecule has 2 N–H and O–H groups in total. The van der Waals surface area contributed by atoms with Gasteiger partial charge in [-0.3, -0.25) is 19.3 Å². The van der Waals surface area contributed by atoms with E-state index in [0.29, 0.717) is 50.1 Å². The van der Waals surface area contributed by atoms with Gasteiger partial charge in [0, 0.05) is 43.5 Å². The molecule has 0 aromatic heterocycles. The van der Waals surface area contributed by atoms with E-state index >= 15 is 0 Å². The first-order valence-corrected chi connectivity index (χ1v) is 10.9. The fourth-order valence-corrected chi connectivity index (χ4v) is 4.68. The molecule has 0 unspecified atom stereocenters. The molecule has 1 aromatic carbocycles. The van der Waals surface area contributed by atoms with E-state index in [1.807, 2.05) is 0 Å². The molecule has 3 aliphatic rings. The predicted octanol–water partition coefficient (Wildman–Crippen LogP) is 1.23. The number of carbonyl (C=O) groups excluding carboxylic acids is 3. The lowest BCUT2D eigenvalue weighted by Gasteiger charge is -2.38. The number of benzene rings is 1. The van der Waals surface area contributed by atoms with Crippen molar-refractivity contribution in [2.24, 2.45) is 0 Å². The van der Waals surface area contributed by atoms with Gasteiger partial charge in [-0.2, -0.15) is 0 Å². The van der Waals surface area contributed by atoms with Gasteiger partial charge >= 0.3 is 0 Å². The van der Waals surface area contributed by atoms with Crippen molar-refractivity contribution in [1.82, 2.24) is 15.1 Å². The van der Waals surface area contributed by atoms with Crippen molar-refractivity contribution in [3.05, 3.63) is 29.8 Å². The van der Waals surface area contributed by atoms with Crippen LogP contribution in [0.15, 0.2) is 24.3 Å². The van der Waals surface area contributed by atoms with Crippen molar-refractivity contribution in [3.63, 3.8) is 0 Å². The van der Waals surface area contributed by atoms with Crippen LogP contribution in [0.2, 0.25) is 0 Å². The molecular formula is C22H30N4O4. The van der Waals surface area contributed by atoms with Crippen molar-refractivity contribution in [1.29, 1.82) is 0 Å². The molecule has 162 valence electrons. The number of carbonyl (C=O) groups is 3. The molecule has 2 aliphatic heterocycles. The number of morpholine rings is 1. The van der Waals surface area contributed by atoms with Crippen LogP contribution >= 0.6 is 0 Å². The Labute approximate surface area is 176 Å². The summed E-state index contributed by atoms with van der Waals surface area (Å²) in [5.41, 5.74) is 1.11. The number of hydrogen-bond donors (Lipinski definition) is 2. The summed E-state index contributed by atoms with van der Waals surface area (Å²) in [5.74, 6) is -0.343. The molecule has 0 bridgehead atoms. The van der Waals surface area contributed by atoms with Gasteiger partial charge in [-0.15, -0.1) is 0 Å². The fraction of sp³-hybridized carbons (Fsp3) is 0.591. The molecule has 4 rings (SSSR count). The van der Waals surface area contributed by atoms with Crippen LogP contribution in [0.1, 0.15) is 42.5 Å². The van der Waals surface area contributed by atoms with Crippen LogP contribution < -0.4 is 10.6 Å². The zero-order valence-corrected chi connectivity index (χ0v) is 17.3. The zero-order chi connectivity index (χ0) is 20.9. The molecule has 2 heterocycles. The van der Waals surface area contributed by atoms with Crippen molar-refractivity contribution < 1.29 is 19.1 Å². The average Bonchev–Trinajstić information content (AvgIpc) is 3.30. The highest BCUT2D eigenvalue weighted by molar-refractivity contribution is 5.98. The summed E-state index contributed by atoms with van der Waals surface area (Å²) in [5, 5.41) is 5.77. The maximum atomic E-state index is 12.7. The number of nitrogens with zero attached hydrogens (tertiary/aromatic N) is 2. The second-order valence-electron chi connectivity index (χ2n) is 8.22. The quantitative estimate of drug-likeness (QED) is 0.756. The molecular weight excluding hydrogens is 384 g/mol. The standard InChI is InChI=1S/C22H30N4O4/c27-20(15-19-21(28)23-8-9-26(19)18-6-1-2-7-18)24-17-5-3-4-16(14-17)22(29)25-10-12-30-13-11-25/h3-5,14,18-19H,1-2,6-13,15H2,(H,23,28)(H,24,27)/t19-/m0/s1. The van der Waals surface area contributed by atoms with E-state index in [9.17, 15) is 14.4 Å². The summed E-state index contributed by atoms with van der Waals surface area (Å²) >= 11 is 0. The number of rotatable bonds is 5. The summed E-state index contributed by atoms with van der Waals surface area (Å²) in [6.07, 6.45) is 4.68. The van der Waals surface area contributed by atoms with Crippen molar-refractivity contribution in [3.8, 4) is 0 Å². The van der Waals surface area contributed by atoms with Gasteiger partial charge in [-0.05, 0) is 31.0 Å². The van der Waals surface area contributed by atoms with Gasteiger partial charge < -0.3 is 20.3 Å². The van der Waals surface area contributed by atoms with E-state index in [1.165, 1.54) is 12.8 Å². The van der Waals surface area contributed by atoms with Gasteiger partial charge in [0.15, 0.2) is 0 Å². The lowest BCUT2D eigenvalue weighted by molar-refractivity contribution is -0.133. The highest BCUT2D eigenvalue weighted by Gasteiger charge is 2.36. The number of anilines is 1. The predicted molar refractivity (Wildman–Crippen MR) is 112 cm³/mol. The Hall–Kier alpha value is -2.45. The van der Waals surface area contributed by atoms with E-state index < -0.39 is 6.04 Å². The largest absolute Gasteiger partial charge is 0.378 e. The van der Waals surface area contributed by atoms with E-state index in [-0.39, 0.29) is 24.1 Å². The number of hydrogen-bond acceptors (Lipinski definition) is 5. The number of ether oxygens (including phenoxy) is 1. The van der Waals surface area contributed by atoms with Crippen LogP contribution in [0, 0.1) is 0 Å². The fourth-order valence-electron chi connectivity index (χ4n) is 4.68. The van der Waals surface area contributed by atoms with Crippen LogP contribution in [0.5, 0.6) is 0 Å². The second kappa shape index (κ2) is 9.57. The van der Waals surface area contributed by atoms with Gasteiger partial charge in [-0.1, -0.05) is 18.9 Å². The van der Waals surface area contributed by atoms with Gasteiger partial charge in [0.1, 0.15) is 0 Å². The number of nitrogens with one attached hydrogen (secondary N) is 2. The summed E-state index contributed by atoms with van der Waals surface area (Å²) in [7, 11) is 0. The Morgan fingerprint density at radius 3 is 2.67 bits per heavy atom. The smallest absolute Gasteiger partial charge is 0.254 e. The maximum absolute atomic E-state index is 12.7. The zero-order valence-electron chi connectivity index (χ0n) is 17.3. The molecule has 1 saturated carbocycles. The minimum Gasteiger partial charge on any atom is -0.378 e. The Bertz CT molecular complexity index is 787. The van der Waals surface area contributed by atoms with Crippen LogP contribution in [-0.4, -0.2) is 79.0 Å². The van der Waals surface area contributed by atoms with E-state index in [0.717, 1.165) is 19.4 Å². The number of amides is 3. The summed E-state index contributed by atoms with van der Waals surface area (Å²) in [4.78, 5) is 41.9. The van der Waals surface area contributed by atoms with Gasteiger partial charge in [-0.25, -0.2) is 0 Å². The topological polar surface area (TPSA) is 91.0 Å². The van der Waals surface area contributed by atoms with Gasteiger partial charge in [0.05, 0.1) is 25.7 Å². The molecule has 2 saturated heterocycles. The third-order valence-corrected chi connectivity index (χ3v) is 6.24. The molecule has 0 radical (unpaired) electrons. The monoisotopic (exact) mass is 414 g/mol. The molecule has 3 fully saturated rings. The number of piperazine rings is 1. The summed E-state index contributed by atoms with van der Waals surface area (Å²) in [6, 6.07) is 6.95. The molecule has 1 aliphatic carbocycles. The SMILES string of the molecule is O=C(C[C@H]1C(=O)NCCN1C1CCCC1)Nc1cccc(C(=O)N2CCOCC2)c1. The van der Waals surface area contributed by atoms with Crippen LogP contribution in [0.25, 0.3) is 0 Å². The van der Waals surface area contributed by atoms with E-state index in [1.54, 1.807) is 29.2 Å². The van der Waals surface area contributed by atoms with Crippen LogP contribution in [0.3, 0.4) is 0 Å². The molecule has 8 heteroatoms. The normalized spacial score (nSPS) is 23.3. The first-order valence-electron chi connectivity index (χ1n) is 10.9. The Balaban J connectivity index is 1.39. The summed E-state index contributed by atoms with van der Waals surface area (Å²) in [6.45, 7) is 3.66. The first-order chi connectivity index (χ1) is 14.6. The van der Waals surface area contributed by atoms with Crippen molar-refractivity contribution in [2.45, 2.75) is 44.2 Å². The lowest BCUT2D eigenvalue weighted by Crippen LogP contribution is -2.58. The van der Waals surface area contributed by atoms with Crippen molar-refractivity contribution in [2.75, 3.05) is 44.7 Å². The van der Waals surface area contributed by atoms with E-state index in [2.05, 4.69) is 15.5 Å². The minimum absolute atomic E-state index is 0.0616. The van der Waals surface area contributed by atoms with Crippen LogP contribution in [0.4, 0.5) is 5.69 Å². The van der Waals surface area contributed by atoms with E-state index in [4.69, 9.17) is 4.74 Å². The highest BCUT2D eigenvalue weighted by atomic mass is 16.5.